The molecule has 138 valence electrons. The molecule has 0 saturated carbocycles. The van der Waals surface area contributed by atoms with Gasteiger partial charge in [0.15, 0.2) is 15.7 Å². The first-order valence-corrected chi connectivity index (χ1v) is 9.98. The maximum Gasteiger partial charge on any atom is 0.227 e. The number of rotatable bonds is 7. The molecule has 8 heteroatoms. The number of aromatic nitrogens is 2. The van der Waals surface area contributed by atoms with Crippen molar-refractivity contribution >= 4 is 9.84 Å². The second-order valence-corrected chi connectivity index (χ2v) is 8.14. The van der Waals surface area contributed by atoms with Crippen molar-refractivity contribution in [3.63, 3.8) is 0 Å². The van der Waals surface area contributed by atoms with Gasteiger partial charge in [-0.15, -0.1) is 0 Å². The maximum absolute atomic E-state index is 11.8. The highest BCUT2D eigenvalue weighted by molar-refractivity contribution is 7.90. The van der Waals surface area contributed by atoms with Crippen LogP contribution in [0.2, 0.25) is 0 Å². The average molecular weight is 376 g/mol. The predicted octanol–water partition coefficient (Wildman–Crippen LogP) is 3.01. The average Bonchev–Trinajstić information content (AvgIpc) is 3.25. The molecule has 0 amide bonds. The summed E-state index contributed by atoms with van der Waals surface area (Å²) >= 11 is 0. The molecular weight excluding hydrogens is 356 g/mol. The molecule has 0 spiro atoms. The van der Waals surface area contributed by atoms with Crippen LogP contribution in [-0.4, -0.2) is 31.9 Å². The molecule has 0 aliphatic carbocycles. The first-order valence-electron chi connectivity index (χ1n) is 8.08. The van der Waals surface area contributed by atoms with Gasteiger partial charge in [-0.25, -0.2) is 8.42 Å². The Bertz CT molecular complexity index is 977. The lowest BCUT2D eigenvalue weighted by Gasteiger charge is -2.08. The summed E-state index contributed by atoms with van der Waals surface area (Å²) in [6.45, 7) is 2.03. The molecule has 1 unspecified atom stereocenters. The minimum Gasteiger partial charge on any atom is -0.495 e. The molecule has 1 atom stereocenters. The van der Waals surface area contributed by atoms with E-state index >= 15 is 0 Å². The van der Waals surface area contributed by atoms with E-state index in [1.165, 1.54) is 13.2 Å². The quantitative estimate of drug-likeness (QED) is 0.625. The molecule has 0 fully saturated rings. The van der Waals surface area contributed by atoms with Gasteiger partial charge in [0.2, 0.25) is 5.89 Å². The third-order valence-electron chi connectivity index (χ3n) is 4.01. The van der Waals surface area contributed by atoms with Crippen molar-refractivity contribution in [3.8, 4) is 5.75 Å². The fourth-order valence-corrected chi connectivity index (χ4v) is 3.51. The van der Waals surface area contributed by atoms with Gasteiger partial charge in [0, 0.05) is 25.0 Å². The Morgan fingerprint density at radius 1 is 1.27 bits per heavy atom. The summed E-state index contributed by atoms with van der Waals surface area (Å²) in [5.74, 6) is 2.36. The highest BCUT2D eigenvalue weighted by Crippen LogP contribution is 2.26. The molecule has 0 radical (unpaired) electrons. The van der Waals surface area contributed by atoms with Crippen molar-refractivity contribution in [1.82, 2.24) is 10.1 Å². The lowest BCUT2D eigenvalue weighted by molar-refractivity contribution is 0.358. The van der Waals surface area contributed by atoms with E-state index in [2.05, 4.69) is 10.1 Å². The topological polar surface area (TPSA) is 95.4 Å². The van der Waals surface area contributed by atoms with Crippen LogP contribution in [0.4, 0.5) is 0 Å². The largest absolute Gasteiger partial charge is 0.495 e. The van der Waals surface area contributed by atoms with E-state index < -0.39 is 9.84 Å². The number of furan rings is 1. The van der Waals surface area contributed by atoms with Gasteiger partial charge in [-0.2, -0.15) is 4.98 Å². The smallest absolute Gasteiger partial charge is 0.227 e. The van der Waals surface area contributed by atoms with Gasteiger partial charge in [0.05, 0.1) is 13.4 Å². The fourth-order valence-electron chi connectivity index (χ4n) is 2.69. The Balaban J connectivity index is 1.73. The van der Waals surface area contributed by atoms with Crippen LogP contribution in [0.25, 0.3) is 0 Å². The van der Waals surface area contributed by atoms with E-state index in [4.69, 9.17) is 13.7 Å². The van der Waals surface area contributed by atoms with Crippen LogP contribution in [-0.2, 0) is 22.7 Å². The third-order valence-corrected chi connectivity index (χ3v) is 5.15. The zero-order valence-corrected chi connectivity index (χ0v) is 15.6. The first-order chi connectivity index (χ1) is 12.4. The summed E-state index contributed by atoms with van der Waals surface area (Å²) in [6, 6.07) is 8.69. The number of hydrogen-bond acceptors (Lipinski definition) is 7. The van der Waals surface area contributed by atoms with Crippen molar-refractivity contribution in [3.05, 3.63) is 59.6 Å². The zero-order chi connectivity index (χ0) is 18.7. The summed E-state index contributed by atoms with van der Waals surface area (Å²) in [6.07, 6.45) is 3.78. The highest BCUT2D eigenvalue weighted by atomic mass is 32.2. The summed E-state index contributed by atoms with van der Waals surface area (Å²) < 4.78 is 39.4. The Kier molecular flexibility index (Phi) is 5.13. The summed E-state index contributed by atoms with van der Waals surface area (Å²) in [7, 11) is -1.91. The normalized spacial score (nSPS) is 12.9. The van der Waals surface area contributed by atoms with Gasteiger partial charge in [-0.05, 0) is 29.8 Å². The second-order valence-electron chi connectivity index (χ2n) is 6.16. The van der Waals surface area contributed by atoms with Crippen LogP contribution in [0.3, 0.4) is 0 Å². The Morgan fingerprint density at radius 2 is 2.08 bits per heavy atom. The second kappa shape index (κ2) is 7.33. The van der Waals surface area contributed by atoms with E-state index in [0.29, 0.717) is 30.3 Å². The van der Waals surface area contributed by atoms with Crippen LogP contribution in [0.15, 0.2) is 50.4 Å². The summed E-state index contributed by atoms with van der Waals surface area (Å²) in [5, 5.41) is 4.00. The standard InChI is InChI=1S/C18H20N2O5S/c1-12(14-5-4-8-24-14)9-18-19-17(20-25-18)11-13-6-7-16(26(3,21)22)15(10-13)23-2/h4-8,10,12H,9,11H2,1-3H3. The van der Waals surface area contributed by atoms with Gasteiger partial charge < -0.3 is 13.7 Å². The molecule has 0 aliphatic rings. The molecule has 3 aromatic rings. The van der Waals surface area contributed by atoms with Gasteiger partial charge in [-0.1, -0.05) is 18.1 Å². The number of ether oxygens (including phenoxy) is 1. The monoisotopic (exact) mass is 376 g/mol. The lowest BCUT2D eigenvalue weighted by Crippen LogP contribution is -2.02. The third kappa shape index (κ3) is 4.13. The van der Waals surface area contributed by atoms with Crippen LogP contribution in [0, 0.1) is 0 Å². The van der Waals surface area contributed by atoms with E-state index in [1.54, 1.807) is 18.4 Å². The lowest BCUT2D eigenvalue weighted by atomic mass is 10.1. The molecule has 3 rings (SSSR count). The van der Waals surface area contributed by atoms with E-state index in [9.17, 15) is 8.42 Å². The zero-order valence-electron chi connectivity index (χ0n) is 14.8. The van der Waals surface area contributed by atoms with Crippen molar-refractivity contribution in [2.75, 3.05) is 13.4 Å². The number of sulfone groups is 1. The van der Waals surface area contributed by atoms with Crippen molar-refractivity contribution in [2.24, 2.45) is 0 Å². The molecule has 2 aromatic heterocycles. The van der Waals surface area contributed by atoms with Gasteiger partial charge in [0.25, 0.3) is 0 Å². The van der Waals surface area contributed by atoms with E-state index in [-0.39, 0.29) is 10.8 Å². The molecule has 2 heterocycles. The predicted molar refractivity (Wildman–Crippen MR) is 94.0 cm³/mol. The Morgan fingerprint density at radius 3 is 2.73 bits per heavy atom. The van der Waals surface area contributed by atoms with Crippen LogP contribution < -0.4 is 4.74 Å². The SMILES string of the molecule is COc1cc(Cc2noc(CC(C)c3ccco3)n2)ccc1S(C)(=O)=O. The van der Waals surface area contributed by atoms with E-state index in [0.717, 1.165) is 17.6 Å². The van der Waals surface area contributed by atoms with Crippen LogP contribution >= 0.6 is 0 Å². The minimum atomic E-state index is -3.35. The Hall–Kier alpha value is -2.61. The number of hydrogen-bond donors (Lipinski definition) is 0. The van der Waals surface area contributed by atoms with Crippen molar-refractivity contribution in [2.45, 2.75) is 30.6 Å². The minimum absolute atomic E-state index is 0.132. The van der Waals surface area contributed by atoms with Crippen molar-refractivity contribution < 1.29 is 22.1 Å². The highest BCUT2D eigenvalue weighted by Gasteiger charge is 2.17. The maximum atomic E-state index is 11.8. The Labute approximate surface area is 151 Å². The molecule has 0 aliphatic heterocycles. The van der Waals surface area contributed by atoms with Crippen LogP contribution in [0.5, 0.6) is 5.75 Å². The number of benzene rings is 1. The molecule has 7 nitrogen and oxygen atoms in total. The number of nitrogens with zero attached hydrogens (tertiary/aromatic N) is 2. The number of methoxy groups -OCH3 is 1. The molecular formula is C18H20N2O5S. The molecule has 26 heavy (non-hydrogen) atoms. The van der Waals surface area contributed by atoms with Gasteiger partial charge in [-0.3, -0.25) is 0 Å². The summed E-state index contributed by atoms with van der Waals surface area (Å²) in [5.41, 5.74) is 0.834. The fraction of sp³-hybridized carbons (Fsp3) is 0.333. The van der Waals surface area contributed by atoms with Crippen LogP contribution in [0.1, 0.15) is 35.9 Å². The molecule has 0 saturated heterocycles. The molecule has 1 aromatic carbocycles. The van der Waals surface area contributed by atoms with Crippen molar-refractivity contribution in [1.29, 1.82) is 0 Å². The van der Waals surface area contributed by atoms with Gasteiger partial charge in [0.1, 0.15) is 16.4 Å². The van der Waals surface area contributed by atoms with E-state index in [1.807, 2.05) is 19.1 Å². The molecule has 0 N–H and O–H groups in total. The summed E-state index contributed by atoms with van der Waals surface area (Å²) in [4.78, 5) is 4.56. The van der Waals surface area contributed by atoms with Gasteiger partial charge >= 0.3 is 0 Å². The molecule has 0 bridgehead atoms. The first kappa shape index (κ1) is 18.2.